The van der Waals surface area contributed by atoms with Crippen molar-refractivity contribution in [1.29, 1.82) is 0 Å². The first-order valence-corrected chi connectivity index (χ1v) is 6.91. The Morgan fingerprint density at radius 2 is 2.10 bits per heavy atom. The number of nitrogens with zero attached hydrogens (tertiary/aromatic N) is 1. The van der Waals surface area contributed by atoms with E-state index in [1.54, 1.807) is 6.20 Å². The van der Waals surface area contributed by atoms with Crippen molar-refractivity contribution in [2.75, 3.05) is 12.4 Å². The zero-order valence-electron chi connectivity index (χ0n) is 12.3. The van der Waals surface area contributed by atoms with Crippen LogP contribution in [0.15, 0.2) is 48.7 Å². The molecular formula is C16H20N4O. The smallest absolute Gasteiger partial charge is 0.319 e. The van der Waals surface area contributed by atoms with Crippen LogP contribution < -0.4 is 16.0 Å². The van der Waals surface area contributed by atoms with Gasteiger partial charge in [0.1, 0.15) is 0 Å². The third-order valence-electron chi connectivity index (χ3n) is 3.23. The molecule has 2 aromatic rings. The molecule has 1 heterocycles. The Bertz CT molecular complexity index is 586. The SMILES string of the molecule is CNC(C)c1cccc(NC(=O)NCc2ccccn2)c1. The van der Waals surface area contributed by atoms with Gasteiger partial charge >= 0.3 is 6.03 Å². The first-order valence-electron chi connectivity index (χ1n) is 6.91. The quantitative estimate of drug-likeness (QED) is 0.791. The van der Waals surface area contributed by atoms with Gasteiger partial charge in [-0.15, -0.1) is 0 Å². The molecule has 0 bridgehead atoms. The van der Waals surface area contributed by atoms with Gasteiger partial charge < -0.3 is 16.0 Å². The summed E-state index contributed by atoms with van der Waals surface area (Å²) >= 11 is 0. The average Bonchev–Trinajstić information content (AvgIpc) is 2.53. The van der Waals surface area contributed by atoms with Crippen LogP contribution in [0.1, 0.15) is 24.2 Å². The van der Waals surface area contributed by atoms with Crippen LogP contribution in [0.4, 0.5) is 10.5 Å². The van der Waals surface area contributed by atoms with Crippen LogP contribution in [-0.2, 0) is 6.54 Å². The molecule has 1 aromatic heterocycles. The second kappa shape index (κ2) is 7.40. The Balaban J connectivity index is 1.90. The Kier molecular flexibility index (Phi) is 5.29. The largest absolute Gasteiger partial charge is 0.332 e. The lowest BCUT2D eigenvalue weighted by Crippen LogP contribution is -2.28. The number of rotatable bonds is 5. The predicted octanol–water partition coefficient (Wildman–Crippen LogP) is 2.68. The maximum atomic E-state index is 11.9. The van der Waals surface area contributed by atoms with Crippen LogP contribution in [0.2, 0.25) is 0 Å². The van der Waals surface area contributed by atoms with Gasteiger partial charge in [-0.2, -0.15) is 0 Å². The van der Waals surface area contributed by atoms with Crippen LogP contribution in [0.25, 0.3) is 0 Å². The number of amides is 2. The molecule has 0 saturated carbocycles. The van der Waals surface area contributed by atoms with Crippen molar-refractivity contribution < 1.29 is 4.79 Å². The lowest BCUT2D eigenvalue weighted by Gasteiger charge is -2.13. The minimum absolute atomic E-state index is 0.239. The molecule has 1 unspecified atom stereocenters. The molecular weight excluding hydrogens is 264 g/mol. The lowest BCUT2D eigenvalue weighted by atomic mass is 10.1. The fraction of sp³-hybridized carbons (Fsp3) is 0.250. The third-order valence-corrected chi connectivity index (χ3v) is 3.23. The molecule has 110 valence electrons. The fourth-order valence-electron chi connectivity index (χ4n) is 1.90. The van der Waals surface area contributed by atoms with E-state index in [-0.39, 0.29) is 12.1 Å². The van der Waals surface area contributed by atoms with Crippen molar-refractivity contribution in [2.24, 2.45) is 0 Å². The van der Waals surface area contributed by atoms with Gasteiger partial charge in [0.25, 0.3) is 0 Å². The van der Waals surface area contributed by atoms with E-state index in [1.165, 1.54) is 0 Å². The number of hydrogen-bond donors (Lipinski definition) is 3. The van der Waals surface area contributed by atoms with E-state index in [4.69, 9.17) is 0 Å². The first-order chi connectivity index (χ1) is 10.2. The van der Waals surface area contributed by atoms with Crippen molar-refractivity contribution in [3.05, 3.63) is 59.9 Å². The number of nitrogens with one attached hydrogen (secondary N) is 3. The highest BCUT2D eigenvalue weighted by molar-refractivity contribution is 5.89. The highest BCUT2D eigenvalue weighted by Crippen LogP contribution is 2.16. The standard InChI is InChI=1S/C16H20N4O/c1-12(17-2)13-6-5-8-14(10-13)20-16(21)19-11-15-7-3-4-9-18-15/h3-10,12,17H,11H2,1-2H3,(H2,19,20,21). The summed E-state index contributed by atoms with van der Waals surface area (Å²) in [5.74, 6) is 0. The van der Waals surface area contributed by atoms with Crippen LogP contribution in [0.5, 0.6) is 0 Å². The Morgan fingerprint density at radius 3 is 2.81 bits per heavy atom. The summed E-state index contributed by atoms with van der Waals surface area (Å²) in [7, 11) is 1.91. The number of urea groups is 1. The zero-order valence-corrected chi connectivity index (χ0v) is 12.3. The highest BCUT2D eigenvalue weighted by atomic mass is 16.2. The number of carbonyl (C=O) groups is 1. The predicted molar refractivity (Wildman–Crippen MR) is 84.0 cm³/mol. The normalized spacial score (nSPS) is 11.7. The van der Waals surface area contributed by atoms with Gasteiger partial charge in [-0.1, -0.05) is 18.2 Å². The third kappa shape index (κ3) is 4.57. The van der Waals surface area contributed by atoms with Crippen LogP contribution >= 0.6 is 0 Å². The van der Waals surface area contributed by atoms with Gasteiger partial charge in [-0.3, -0.25) is 4.98 Å². The number of aromatic nitrogens is 1. The monoisotopic (exact) mass is 284 g/mol. The molecule has 2 rings (SSSR count). The molecule has 0 aliphatic heterocycles. The van der Waals surface area contributed by atoms with Gasteiger partial charge in [0.05, 0.1) is 12.2 Å². The van der Waals surface area contributed by atoms with Crippen LogP contribution in [-0.4, -0.2) is 18.1 Å². The van der Waals surface area contributed by atoms with Crippen LogP contribution in [0.3, 0.4) is 0 Å². The molecule has 0 radical (unpaired) electrons. The summed E-state index contributed by atoms with van der Waals surface area (Å²) in [5, 5.41) is 8.78. The molecule has 1 atom stereocenters. The minimum atomic E-state index is -0.241. The first kappa shape index (κ1) is 15.0. The van der Waals surface area contributed by atoms with Gasteiger partial charge in [-0.25, -0.2) is 4.79 Å². The summed E-state index contributed by atoms with van der Waals surface area (Å²) in [6.45, 7) is 2.47. The van der Waals surface area contributed by atoms with Gasteiger partial charge in [-0.05, 0) is 43.8 Å². The molecule has 1 aromatic carbocycles. The van der Waals surface area contributed by atoms with Crippen molar-refractivity contribution in [3.8, 4) is 0 Å². The summed E-state index contributed by atoms with van der Waals surface area (Å²) in [6, 6.07) is 13.4. The number of pyridine rings is 1. The summed E-state index contributed by atoms with van der Waals surface area (Å²) < 4.78 is 0. The van der Waals surface area contributed by atoms with Gasteiger partial charge in [0.2, 0.25) is 0 Å². The number of carbonyl (C=O) groups excluding carboxylic acids is 1. The van der Waals surface area contributed by atoms with Gasteiger partial charge in [0, 0.05) is 17.9 Å². The van der Waals surface area contributed by atoms with Crippen molar-refractivity contribution in [2.45, 2.75) is 19.5 Å². The minimum Gasteiger partial charge on any atom is -0.332 e. The Morgan fingerprint density at radius 1 is 1.24 bits per heavy atom. The van der Waals surface area contributed by atoms with Crippen molar-refractivity contribution >= 4 is 11.7 Å². The Hall–Kier alpha value is -2.40. The maximum Gasteiger partial charge on any atom is 0.319 e. The Labute approximate surface area is 124 Å². The van der Waals surface area contributed by atoms with E-state index in [2.05, 4.69) is 27.9 Å². The number of hydrogen-bond acceptors (Lipinski definition) is 3. The zero-order chi connectivity index (χ0) is 15.1. The number of benzene rings is 1. The molecule has 0 fully saturated rings. The molecule has 0 aliphatic carbocycles. The summed E-state index contributed by atoms with van der Waals surface area (Å²) in [6.07, 6.45) is 1.71. The molecule has 0 saturated heterocycles. The lowest BCUT2D eigenvalue weighted by molar-refractivity contribution is 0.251. The van der Waals surface area contributed by atoms with E-state index >= 15 is 0 Å². The second-order valence-corrected chi connectivity index (χ2v) is 4.76. The molecule has 5 heteroatoms. The number of anilines is 1. The van der Waals surface area contributed by atoms with E-state index in [0.717, 1.165) is 16.9 Å². The van der Waals surface area contributed by atoms with Gasteiger partial charge in [0.15, 0.2) is 0 Å². The molecule has 21 heavy (non-hydrogen) atoms. The van der Waals surface area contributed by atoms with Crippen LogP contribution in [0, 0.1) is 0 Å². The molecule has 3 N–H and O–H groups in total. The molecule has 2 amide bonds. The summed E-state index contributed by atoms with van der Waals surface area (Å²) in [5.41, 5.74) is 2.72. The topological polar surface area (TPSA) is 66.0 Å². The van der Waals surface area contributed by atoms with Crippen molar-refractivity contribution in [1.82, 2.24) is 15.6 Å². The van der Waals surface area contributed by atoms with E-state index in [1.807, 2.05) is 49.5 Å². The highest BCUT2D eigenvalue weighted by Gasteiger charge is 2.05. The summed E-state index contributed by atoms with van der Waals surface area (Å²) in [4.78, 5) is 16.0. The second-order valence-electron chi connectivity index (χ2n) is 4.76. The van der Waals surface area contributed by atoms with E-state index < -0.39 is 0 Å². The molecule has 0 spiro atoms. The molecule has 0 aliphatic rings. The average molecular weight is 284 g/mol. The maximum absolute atomic E-state index is 11.9. The van der Waals surface area contributed by atoms with E-state index in [9.17, 15) is 4.79 Å². The van der Waals surface area contributed by atoms with Crippen molar-refractivity contribution in [3.63, 3.8) is 0 Å². The fourth-order valence-corrected chi connectivity index (χ4v) is 1.90. The molecule has 5 nitrogen and oxygen atoms in total. The van der Waals surface area contributed by atoms with E-state index in [0.29, 0.717) is 6.54 Å².